The smallest absolute Gasteiger partial charge is 0.308 e. The molecular weight excluding hydrogens is 316 g/mol. The molecule has 2 saturated carbocycles. The van der Waals surface area contributed by atoms with Gasteiger partial charge in [0.15, 0.2) is 0 Å². The second-order valence-electron chi connectivity index (χ2n) is 9.33. The minimum Gasteiger partial charge on any atom is -0.481 e. The van der Waals surface area contributed by atoms with E-state index in [0.717, 1.165) is 38.8 Å². The second kappa shape index (κ2) is 6.26. The summed E-state index contributed by atoms with van der Waals surface area (Å²) in [6, 6.07) is 0.707. The Morgan fingerprint density at radius 2 is 1.64 bits per heavy atom. The van der Waals surface area contributed by atoms with Crippen LogP contribution in [0.2, 0.25) is 0 Å². The number of nitrogens with zero attached hydrogens (tertiary/aromatic N) is 2. The minimum atomic E-state index is -0.706. The fraction of sp³-hybridized carbons (Fsp3) is 0.900. The largest absolute Gasteiger partial charge is 0.481 e. The first-order valence-electron chi connectivity index (χ1n) is 10.2. The maximum Gasteiger partial charge on any atom is 0.308 e. The van der Waals surface area contributed by atoms with Crippen LogP contribution in [0, 0.1) is 16.7 Å². The number of piperidine rings is 1. The highest BCUT2D eigenvalue weighted by Gasteiger charge is 2.56. The summed E-state index contributed by atoms with van der Waals surface area (Å²) >= 11 is 0. The number of carbonyl (C=O) groups excluding carboxylic acids is 1. The SMILES string of the molecule is CC1(C(=O)N2CC(C(=O)O)C3(CCN(C4CCCCC4)CC3)C2)CC1. The molecule has 5 heteroatoms. The Bertz CT molecular complexity index is 543. The molecule has 2 aliphatic carbocycles. The van der Waals surface area contributed by atoms with Crippen LogP contribution in [-0.4, -0.2) is 59.0 Å². The van der Waals surface area contributed by atoms with Crippen molar-refractivity contribution >= 4 is 11.9 Å². The Labute approximate surface area is 150 Å². The number of amides is 1. The van der Waals surface area contributed by atoms with Gasteiger partial charge in [-0.2, -0.15) is 0 Å². The summed E-state index contributed by atoms with van der Waals surface area (Å²) in [5.41, 5.74) is -0.394. The normalized spacial score (nSPS) is 32.0. The molecule has 1 N–H and O–H groups in total. The summed E-state index contributed by atoms with van der Waals surface area (Å²) in [6.45, 7) is 5.13. The van der Waals surface area contributed by atoms with Gasteiger partial charge in [-0.1, -0.05) is 26.2 Å². The van der Waals surface area contributed by atoms with Gasteiger partial charge < -0.3 is 14.9 Å². The Balaban J connectivity index is 1.44. The van der Waals surface area contributed by atoms with Gasteiger partial charge in [-0.25, -0.2) is 0 Å². The lowest BCUT2D eigenvalue weighted by Crippen LogP contribution is -2.49. The highest BCUT2D eigenvalue weighted by atomic mass is 16.4. The van der Waals surface area contributed by atoms with Crippen molar-refractivity contribution in [3.8, 4) is 0 Å². The van der Waals surface area contributed by atoms with E-state index < -0.39 is 5.97 Å². The highest BCUT2D eigenvalue weighted by Crippen LogP contribution is 2.51. The number of likely N-dealkylation sites (tertiary alicyclic amines) is 2. The van der Waals surface area contributed by atoms with E-state index in [1.165, 1.54) is 32.1 Å². The first-order valence-corrected chi connectivity index (χ1v) is 10.2. The summed E-state index contributed by atoms with van der Waals surface area (Å²) in [7, 11) is 0. The zero-order valence-electron chi connectivity index (χ0n) is 15.5. The zero-order chi connectivity index (χ0) is 17.7. The lowest BCUT2D eigenvalue weighted by molar-refractivity contribution is -0.146. The van der Waals surface area contributed by atoms with Crippen molar-refractivity contribution in [2.75, 3.05) is 26.2 Å². The molecule has 2 heterocycles. The first-order chi connectivity index (χ1) is 11.9. The highest BCUT2D eigenvalue weighted by molar-refractivity contribution is 5.86. The van der Waals surface area contributed by atoms with Crippen molar-refractivity contribution in [1.29, 1.82) is 0 Å². The molecule has 4 aliphatic rings. The molecule has 1 unspecified atom stereocenters. The summed E-state index contributed by atoms with van der Waals surface area (Å²) in [5, 5.41) is 9.81. The van der Waals surface area contributed by atoms with Crippen LogP contribution >= 0.6 is 0 Å². The van der Waals surface area contributed by atoms with E-state index in [9.17, 15) is 14.7 Å². The van der Waals surface area contributed by atoms with Crippen molar-refractivity contribution < 1.29 is 14.7 Å². The van der Waals surface area contributed by atoms with E-state index in [0.29, 0.717) is 19.1 Å². The molecule has 2 saturated heterocycles. The van der Waals surface area contributed by atoms with Gasteiger partial charge in [0.25, 0.3) is 0 Å². The van der Waals surface area contributed by atoms with Crippen LogP contribution in [-0.2, 0) is 9.59 Å². The van der Waals surface area contributed by atoms with Crippen LogP contribution in [0.4, 0.5) is 0 Å². The predicted octanol–water partition coefficient (Wildman–Crippen LogP) is 2.74. The van der Waals surface area contributed by atoms with Crippen LogP contribution in [0.3, 0.4) is 0 Å². The molecular formula is C20H32N2O3. The average molecular weight is 348 g/mol. The fourth-order valence-electron chi connectivity index (χ4n) is 5.53. The van der Waals surface area contributed by atoms with Crippen molar-refractivity contribution in [2.24, 2.45) is 16.7 Å². The molecule has 1 spiro atoms. The molecule has 1 amide bonds. The monoisotopic (exact) mass is 348 g/mol. The Kier molecular flexibility index (Phi) is 4.33. The fourth-order valence-corrected chi connectivity index (χ4v) is 5.53. The lowest BCUT2D eigenvalue weighted by atomic mass is 9.70. The van der Waals surface area contributed by atoms with Crippen LogP contribution < -0.4 is 0 Å². The molecule has 1 atom stereocenters. The molecule has 4 fully saturated rings. The molecule has 140 valence electrons. The van der Waals surface area contributed by atoms with Gasteiger partial charge in [0.05, 0.1) is 5.92 Å². The number of hydrogen-bond donors (Lipinski definition) is 1. The number of hydrogen-bond acceptors (Lipinski definition) is 3. The third-order valence-electron chi connectivity index (χ3n) is 7.63. The van der Waals surface area contributed by atoms with Gasteiger partial charge >= 0.3 is 5.97 Å². The number of aliphatic carboxylic acids is 1. The topological polar surface area (TPSA) is 60.9 Å². The summed E-state index contributed by atoms with van der Waals surface area (Å²) in [4.78, 5) is 29.2. The molecule has 0 radical (unpaired) electrons. The van der Waals surface area contributed by atoms with E-state index in [-0.39, 0.29) is 22.7 Å². The van der Waals surface area contributed by atoms with Crippen LogP contribution in [0.15, 0.2) is 0 Å². The van der Waals surface area contributed by atoms with Gasteiger partial charge in [0.2, 0.25) is 5.91 Å². The quantitative estimate of drug-likeness (QED) is 0.852. The van der Waals surface area contributed by atoms with E-state index in [1.54, 1.807) is 0 Å². The number of rotatable bonds is 3. The molecule has 0 aromatic rings. The van der Waals surface area contributed by atoms with Gasteiger partial charge in [-0.15, -0.1) is 0 Å². The second-order valence-corrected chi connectivity index (χ2v) is 9.33. The van der Waals surface area contributed by atoms with Crippen molar-refractivity contribution in [3.05, 3.63) is 0 Å². The first kappa shape index (κ1) is 17.3. The van der Waals surface area contributed by atoms with Gasteiger partial charge in [0.1, 0.15) is 0 Å². The summed E-state index contributed by atoms with van der Waals surface area (Å²) in [5.74, 6) is -0.889. The van der Waals surface area contributed by atoms with E-state index in [1.807, 2.05) is 11.8 Å². The standard InChI is InChI=1S/C20H32N2O3/c1-19(7-8-19)18(25)22-13-16(17(23)24)20(14-22)9-11-21(12-10-20)15-5-3-2-4-6-15/h15-16H,2-14H2,1H3,(H,23,24). The van der Waals surface area contributed by atoms with Crippen molar-refractivity contribution in [2.45, 2.75) is 70.8 Å². The predicted molar refractivity (Wildman–Crippen MR) is 95.2 cm³/mol. The van der Waals surface area contributed by atoms with Crippen molar-refractivity contribution in [3.63, 3.8) is 0 Å². The molecule has 5 nitrogen and oxygen atoms in total. The lowest BCUT2D eigenvalue weighted by Gasteiger charge is -2.45. The van der Waals surface area contributed by atoms with Crippen LogP contribution in [0.25, 0.3) is 0 Å². The number of carboxylic acids is 1. The van der Waals surface area contributed by atoms with Crippen molar-refractivity contribution in [1.82, 2.24) is 9.80 Å². The number of carboxylic acid groups (broad SMARTS) is 1. The molecule has 25 heavy (non-hydrogen) atoms. The summed E-state index contributed by atoms with van der Waals surface area (Å²) in [6.07, 6.45) is 10.4. The average Bonchev–Trinajstić information content (AvgIpc) is 3.27. The van der Waals surface area contributed by atoms with E-state index >= 15 is 0 Å². The van der Waals surface area contributed by atoms with E-state index in [4.69, 9.17) is 0 Å². The Morgan fingerprint density at radius 1 is 1.00 bits per heavy atom. The summed E-state index contributed by atoms with van der Waals surface area (Å²) < 4.78 is 0. The maximum atomic E-state index is 12.8. The molecule has 0 aromatic carbocycles. The maximum absolute atomic E-state index is 12.8. The van der Waals surface area contributed by atoms with Crippen LogP contribution in [0.5, 0.6) is 0 Å². The van der Waals surface area contributed by atoms with Gasteiger partial charge in [-0.05, 0) is 51.6 Å². The minimum absolute atomic E-state index is 0.197. The van der Waals surface area contributed by atoms with E-state index in [2.05, 4.69) is 4.90 Å². The molecule has 4 rings (SSSR count). The Hall–Kier alpha value is -1.10. The molecule has 0 aromatic heterocycles. The van der Waals surface area contributed by atoms with Gasteiger partial charge in [0, 0.05) is 30.0 Å². The van der Waals surface area contributed by atoms with Gasteiger partial charge in [-0.3, -0.25) is 9.59 Å². The van der Waals surface area contributed by atoms with Crippen LogP contribution in [0.1, 0.15) is 64.7 Å². The number of carbonyl (C=O) groups is 2. The molecule has 2 aliphatic heterocycles. The zero-order valence-corrected chi connectivity index (χ0v) is 15.5. The Morgan fingerprint density at radius 3 is 2.20 bits per heavy atom. The third-order valence-corrected chi connectivity index (χ3v) is 7.63. The third kappa shape index (κ3) is 3.09. The molecule has 0 bridgehead atoms.